The topological polar surface area (TPSA) is 90.5 Å². The van der Waals surface area contributed by atoms with Crippen molar-refractivity contribution >= 4 is 39.8 Å². The number of likely N-dealkylation sites (N-methyl/N-ethyl adjacent to an activating group) is 1. The van der Waals surface area contributed by atoms with Crippen LogP contribution in [0, 0.1) is 0 Å². The van der Waals surface area contributed by atoms with Crippen LogP contribution in [0.1, 0.15) is 21.5 Å². The second kappa shape index (κ2) is 5.70. The molecule has 1 aliphatic heterocycles. The minimum atomic E-state index is -1.15. The van der Waals surface area contributed by atoms with Crippen molar-refractivity contribution in [2.75, 3.05) is 7.05 Å². The number of amides is 2. The second-order valence-corrected chi connectivity index (χ2v) is 6.02. The van der Waals surface area contributed by atoms with Crippen LogP contribution in [-0.4, -0.2) is 39.8 Å². The van der Waals surface area contributed by atoms with Gasteiger partial charge < -0.3 is 10.1 Å². The zero-order chi connectivity index (χ0) is 18.4. The van der Waals surface area contributed by atoms with E-state index < -0.39 is 17.8 Å². The van der Waals surface area contributed by atoms with Crippen LogP contribution in [0.4, 0.5) is 0 Å². The van der Waals surface area contributed by atoms with Gasteiger partial charge in [0.15, 0.2) is 0 Å². The van der Waals surface area contributed by atoms with E-state index in [0.29, 0.717) is 5.56 Å². The molecule has 0 unspecified atom stereocenters. The van der Waals surface area contributed by atoms with Gasteiger partial charge in [0.25, 0.3) is 11.8 Å². The summed E-state index contributed by atoms with van der Waals surface area (Å²) >= 11 is 0. The van der Waals surface area contributed by atoms with Crippen LogP contribution in [0.2, 0.25) is 0 Å². The van der Waals surface area contributed by atoms with Gasteiger partial charge in [0.1, 0.15) is 0 Å². The number of H-pyrrole nitrogens is 1. The van der Waals surface area contributed by atoms with Gasteiger partial charge in [-0.3, -0.25) is 14.5 Å². The van der Waals surface area contributed by atoms with E-state index in [1.807, 2.05) is 24.3 Å². The predicted molar refractivity (Wildman–Crippen MR) is 96.3 cm³/mol. The zero-order valence-corrected chi connectivity index (χ0v) is 13.8. The lowest BCUT2D eigenvalue weighted by Gasteiger charge is -2.08. The fourth-order valence-electron chi connectivity index (χ4n) is 3.31. The highest BCUT2D eigenvalue weighted by Crippen LogP contribution is 2.38. The molecule has 0 aliphatic carbocycles. The van der Waals surface area contributed by atoms with E-state index in [0.717, 1.165) is 15.8 Å². The molecule has 0 bridgehead atoms. The fraction of sp³-hybridized carbons (Fsp3) is 0.0500. The minimum Gasteiger partial charge on any atom is -0.478 e. The minimum absolute atomic E-state index is 0.0173. The molecule has 0 atom stereocenters. The molecule has 6 heteroatoms. The summed E-state index contributed by atoms with van der Waals surface area (Å²) in [6.45, 7) is 0. The van der Waals surface area contributed by atoms with Gasteiger partial charge in [-0.2, -0.15) is 0 Å². The normalized spacial score (nSPS) is 14.6. The van der Waals surface area contributed by atoms with Crippen molar-refractivity contribution in [3.8, 4) is 0 Å². The molecule has 0 fully saturated rings. The standard InChI is InChI=1S/C20H14N2O4/c1-22-18(23)16(12-7-2-3-8-13(12)20(25)26)17(19(22)24)14-10-21-15-9-5-4-6-11(14)15/h2-10,21H,1H3,(H,25,26). The number of aromatic amines is 1. The van der Waals surface area contributed by atoms with Gasteiger partial charge in [-0.15, -0.1) is 0 Å². The summed E-state index contributed by atoms with van der Waals surface area (Å²) in [7, 11) is 1.40. The van der Waals surface area contributed by atoms with E-state index in [1.54, 1.807) is 24.4 Å². The molecule has 0 saturated carbocycles. The first-order chi connectivity index (χ1) is 12.5. The number of para-hydroxylation sites is 1. The molecule has 2 amide bonds. The summed E-state index contributed by atoms with van der Waals surface area (Å²) in [5.74, 6) is -2.11. The highest BCUT2D eigenvalue weighted by atomic mass is 16.4. The van der Waals surface area contributed by atoms with Crippen molar-refractivity contribution in [1.29, 1.82) is 0 Å². The number of imide groups is 1. The Morgan fingerprint density at radius 2 is 1.54 bits per heavy atom. The number of carboxylic acid groups (broad SMARTS) is 1. The Morgan fingerprint density at radius 1 is 0.923 bits per heavy atom. The number of nitrogens with zero attached hydrogens (tertiary/aromatic N) is 1. The van der Waals surface area contributed by atoms with Crippen LogP contribution in [-0.2, 0) is 9.59 Å². The summed E-state index contributed by atoms with van der Waals surface area (Å²) in [5, 5.41) is 10.3. The molecule has 2 N–H and O–H groups in total. The molecule has 1 aromatic heterocycles. The van der Waals surface area contributed by atoms with E-state index in [9.17, 15) is 19.5 Å². The third kappa shape index (κ3) is 2.16. The Morgan fingerprint density at radius 3 is 2.27 bits per heavy atom. The lowest BCUT2D eigenvalue weighted by Crippen LogP contribution is -2.26. The molecule has 0 spiro atoms. The number of carboxylic acids is 1. The highest BCUT2D eigenvalue weighted by molar-refractivity contribution is 6.50. The monoisotopic (exact) mass is 346 g/mol. The highest BCUT2D eigenvalue weighted by Gasteiger charge is 2.39. The van der Waals surface area contributed by atoms with Crippen LogP contribution in [0.5, 0.6) is 0 Å². The molecule has 6 nitrogen and oxygen atoms in total. The van der Waals surface area contributed by atoms with Crippen molar-refractivity contribution in [2.24, 2.45) is 0 Å². The van der Waals surface area contributed by atoms with E-state index in [1.165, 1.54) is 13.1 Å². The quantitative estimate of drug-likeness (QED) is 0.714. The third-order valence-electron chi connectivity index (χ3n) is 4.57. The molecule has 3 aromatic rings. The molecule has 26 heavy (non-hydrogen) atoms. The number of hydrogen-bond donors (Lipinski definition) is 2. The van der Waals surface area contributed by atoms with Crippen molar-refractivity contribution < 1.29 is 19.5 Å². The number of hydrogen-bond acceptors (Lipinski definition) is 3. The average Bonchev–Trinajstić information content (AvgIpc) is 3.16. The van der Waals surface area contributed by atoms with Crippen LogP contribution >= 0.6 is 0 Å². The number of aromatic carboxylic acids is 1. The van der Waals surface area contributed by atoms with Gasteiger partial charge in [-0.25, -0.2) is 4.79 Å². The smallest absolute Gasteiger partial charge is 0.336 e. The van der Waals surface area contributed by atoms with Crippen molar-refractivity contribution in [3.05, 3.63) is 71.4 Å². The summed E-state index contributed by atoms with van der Waals surface area (Å²) in [4.78, 5) is 41.3. The molecule has 2 heterocycles. The molecular formula is C20H14N2O4. The van der Waals surface area contributed by atoms with Gasteiger partial charge >= 0.3 is 5.97 Å². The maximum atomic E-state index is 12.8. The molecule has 0 radical (unpaired) electrons. The van der Waals surface area contributed by atoms with Crippen LogP contribution in [0.25, 0.3) is 22.0 Å². The van der Waals surface area contributed by atoms with Crippen LogP contribution < -0.4 is 0 Å². The summed E-state index contributed by atoms with van der Waals surface area (Å²) in [6, 6.07) is 13.6. The van der Waals surface area contributed by atoms with E-state index in [2.05, 4.69) is 4.98 Å². The van der Waals surface area contributed by atoms with Crippen LogP contribution in [0.15, 0.2) is 54.7 Å². The van der Waals surface area contributed by atoms with E-state index in [4.69, 9.17) is 0 Å². The summed E-state index contributed by atoms with van der Waals surface area (Å²) in [6.07, 6.45) is 1.67. The van der Waals surface area contributed by atoms with Crippen molar-refractivity contribution in [3.63, 3.8) is 0 Å². The maximum absolute atomic E-state index is 12.8. The number of carbonyl (C=O) groups excluding carboxylic acids is 2. The van der Waals surface area contributed by atoms with Crippen molar-refractivity contribution in [2.45, 2.75) is 0 Å². The van der Waals surface area contributed by atoms with E-state index >= 15 is 0 Å². The fourth-order valence-corrected chi connectivity index (χ4v) is 3.31. The Bertz CT molecular complexity index is 1120. The lowest BCUT2D eigenvalue weighted by molar-refractivity contribution is -0.134. The number of aromatic nitrogens is 1. The van der Waals surface area contributed by atoms with Gasteiger partial charge in [0, 0.05) is 35.3 Å². The SMILES string of the molecule is CN1C(=O)C(c2ccccc2C(=O)O)=C(c2c[nH]c3ccccc23)C1=O. The first kappa shape index (κ1) is 15.8. The molecule has 2 aromatic carbocycles. The molecule has 1 aliphatic rings. The molecule has 0 saturated heterocycles. The van der Waals surface area contributed by atoms with Gasteiger partial charge in [0.2, 0.25) is 0 Å². The number of nitrogens with one attached hydrogen (secondary N) is 1. The van der Waals surface area contributed by atoms with Gasteiger partial charge in [0.05, 0.1) is 16.7 Å². The van der Waals surface area contributed by atoms with Crippen molar-refractivity contribution in [1.82, 2.24) is 9.88 Å². The maximum Gasteiger partial charge on any atom is 0.336 e. The van der Waals surface area contributed by atoms with E-state index in [-0.39, 0.29) is 22.3 Å². The number of carbonyl (C=O) groups is 3. The largest absolute Gasteiger partial charge is 0.478 e. The Hall–Kier alpha value is -3.67. The summed E-state index contributed by atoms with van der Waals surface area (Å²) in [5.41, 5.74) is 1.96. The molecule has 128 valence electrons. The number of benzene rings is 2. The first-order valence-corrected chi connectivity index (χ1v) is 7.96. The summed E-state index contributed by atoms with van der Waals surface area (Å²) < 4.78 is 0. The average molecular weight is 346 g/mol. The predicted octanol–water partition coefficient (Wildman–Crippen LogP) is 2.78. The molecular weight excluding hydrogens is 332 g/mol. The second-order valence-electron chi connectivity index (χ2n) is 6.02. The van der Waals surface area contributed by atoms with Gasteiger partial charge in [-0.1, -0.05) is 36.4 Å². The Balaban J connectivity index is 2.07. The van der Waals surface area contributed by atoms with Gasteiger partial charge in [-0.05, 0) is 12.1 Å². The van der Waals surface area contributed by atoms with Crippen LogP contribution in [0.3, 0.4) is 0 Å². The zero-order valence-electron chi connectivity index (χ0n) is 13.8. The molecule has 4 rings (SSSR count). The Labute approximate surface area is 148 Å². The Kier molecular flexibility index (Phi) is 3.47. The first-order valence-electron chi connectivity index (χ1n) is 7.96. The lowest BCUT2D eigenvalue weighted by atomic mass is 9.93. The number of rotatable bonds is 3. The number of fused-ring (bicyclic) bond motifs is 1. The third-order valence-corrected chi connectivity index (χ3v) is 4.57.